The van der Waals surface area contributed by atoms with Crippen LogP contribution >= 0.6 is 0 Å². The van der Waals surface area contributed by atoms with Crippen LogP contribution in [0.15, 0.2) is 47.4 Å². The molecule has 3 rings (SSSR count). The molecule has 0 aliphatic rings. The van der Waals surface area contributed by atoms with Crippen LogP contribution in [-0.2, 0) is 24.1 Å². The summed E-state index contributed by atoms with van der Waals surface area (Å²) < 4.78 is 5.83. The molecule has 1 aromatic carbocycles. The quantitative estimate of drug-likeness (QED) is 0.525. The lowest BCUT2D eigenvalue weighted by Gasteiger charge is -2.15. The molecule has 0 aliphatic carbocycles. The number of carboxylic acid groups (broad SMARTS) is 1. The molecule has 3 aromatic rings. The first kappa shape index (κ1) is 20.3. The second-order valence-electron chi connectivity index (χ2n) is 6.91. The van der Waals surface area contributed by atoms with Gasteiger partial charge < -0.3 is 14.8 Å². The summed E-state index contributed by atoms with van der Waals surface area (Å²) in [6, 6.07) is 9.24. The summed E-state index contributed by atoms with van der Waals surface area (Å²) >= 11 is 0. The summed E-state index contributed by atoms with van der Waals surface area (Å²) in [6.45, 7) is 9.83. The standard InChI is InChI=1S/C23H25N3O3/c1-5-7-18-19(6-2)25-23(20-12-14(3)15(4)29-20)26-22(18)24-17-10-8-16(9-11-17)13-21(27)28/h5,8-12H,1,6-7,13H2,2-4H3,(H,27,28)(H,24,25,26). The minimum absolute atomic E-state index is 0.00315. The number of furan rings is 1. The lowest BCUT2D eigenvalue weighted by atomic mass is 10.1. The van der Waals surface area contributed by atoms with Crippen molar-refractivity contribution in [1.82, 2.24) is 9.97 Å². The summed E-state index contributed by atoms with van der Waals surface area (Å²) in [6.07, 6.45) is 3.22. The van der Waals surface area contributed by atoms with Crippen molar-refractivity contribution >= 4 is 17.5 Å². The maximum Gasteiger partial charge on any atom is 0.307 e. The van der Waals surface area contributed by atoms with Crippen molar-refractivity contribution in [2.24, 2.45) is 0 Å². The van der Waals surface area contributed by atoms with E-state index in [2.05, 4.69) is 18.8 Å². The van der Waals surface area contributed by atoms with Gasteiger partial charge in [-0.2, -0.15) is 0 Å². The van der Waals surface area contributed by atoms with Gasteiger partial charge in [-0.15, -0.1) is 6.58 Å². The van der Waals surface area contributed by atoms with Crippen LogP contribution in [0.1, 0.15) is 35.1 Å². The molecular weight excluding hydrogens is 366 g/mol. The Morgan fingerprint density at radius 3 is 2.52 bits per heavy atom. The Morgan fingerprint density at radius 2 is 1.97 bits per heavy atom. The minimum atomic E-state index is -0.851. The minimum Gasteiger partial charge on any atom is -0.481 e. The van der Waals surface area contributed by atoms with Crippen LogP contribution in [-0.4, -0.2) is 21.0 Å². The molecule has 150 valence electrons. The predicted octanol–water partition coefficient (Wildman–Crippen LogP) is 5.02. The smallest absolute Gasteiger partial charge is 0.307 e. The van der Waals surface area contributed by atoms with E-state index >= 15 is 0 Å². The predicted molar refractivity (Wildman–Crippen MR) is 114 cm³/mol. The van der Waals surface area contributed by atoms with Gasteiger partial charge in [0.05, 0.1) is 6.42 Å². The molecule has 6 nitrogen and oxygen atoms in total. The monoisotopic (exact) mass is 391 g/mol. The molecule has 2 aromatic heterocycles. The van der Waals surface area contributed by atoms with Crippen molar-refractivity contribution in [2.45, 2.75) is 40.0 Å². The van der Waals surface area contributed by atoms with Gasteiger partial charge in [0, 0.05) is 16.9 Å². The number of hydrogen-bond acceptors (Lipinski definition) is 5. The second-order valence-corrected chi connectivity index (χ2v) is 6.91. The largest absolute Gasteiger partial charge is 0.481 e. The van der Waals surface area contributed by atoms with Crippen molar-refractivity contribution in [3.63, 3.8) is 0 Å². The van der Waals surface area contributed by atoms with Gasteiger partial charge in [-0.25, -0.2) is 9.97 Å². The Balaban J connectivity index is 2.01. The number of hydrogen-bond donors (Lipinski definition) is 2. The Bertz CT molecular complexity index is 1020. The highest BCUT2D eigenvalue weighted by molar-refractivity contribution is 5.71. The van der Waals surface area contributed by atoms with E-state index in [1.807, 2.05) is 38.1 Å². The Morgan fingerprint density at radius 1 is 1.24 bits per heavy atom. The Hall–Kier alpha value is -3.41. The molecular formula is C23H25N3O3. The first-order valence-electron chi connectivity index (χ1n) is 9.57. The number of anilines is 2. The van der Waals surface area contributed by atoms with Gasteiger partial charge >= 0.3 is 5.97 Å². The fraction of sp³-hybridized carbons (Fsp3) is 0.261. The highest BCUT2D eigenvalue weighted by atomic mass is 16.4. The van der Waals surface area contributed by atoms with Crippen LogP contribution in [0.4, 0.5) is 11.5 Å². The summed E-state index contributed by atoms with van der Waals surface area (Å²) in [4.78, 5) is 20.3. The maximum absolute atomic E-state index is 10.9. The molecule has 0 atom stereocenters. The molecule has 0 bridgehead atoms. The molecule has 2 N–H and O–H groups in total. The van der Waals surface area contributed by atoms with Crippen molar-refractivity contribution in [1.29, 1.82) is 0 Å². The summed E-state index contributed by atoms with van der Waals surface area (Å²) in [7, 11) is 0. The van der Waals surface area contributed by atoms with Crippen LogP contribution in [0.2, 0.25) is 0 Å². The molecule has 2 heterocycles. The van der Waals surface area contributed by atoms with Crippen LogP contribution in [0, 0.1) is 13.8 Å². The van der Waals surface area contributed by atoms with Crippen molar-refractivity contribution in [3.05, 3.63) is 71.1 Å². The van der Waals surface area contributed by atoms with Crippen LogP contribution in [0.25, 0.3) is 11.6 Å². The number of carbonyl (C=O) groups is 1. The number of nitrogens with zero attached hydrogens (tertiary/aromatic N) is 2. The normalized spacial score (nSPS) is 10.7. The topological polar surface area (TPSA) is 88.3 Å². The van der Waals surface area contributed by atoms with E-state index in [0.717, 1.165) is 40.3 Å². The molecule has 0 aliphatic heterocycles. The van der Waals surface area contributed by atoms with E-state index < -0.39 is 5.97 Å². The SMILES string of the molecule is C=CCc1c(CC)nc(-c2cc(C)c(C)o2)nc1Nc1ccc(CC(=O)O)cc1. The zero-order valence-electron chi connectivity index (χ0n) is 17.0. The Labute approximate surface area is 170 Å². The maximum atomic E-state index is 10.9. The number of carboxylic acids is 1. The number of aryl methyl sites for hydroxylation is 3. The zero-order chi connectivity index (χ0) is 21.0. The molecule has 0 saturated heterocycles. The van der Waals surface area contributed by atoms with E-state index in [1.165, 1.54) is 0 Å². The number of aromatic nitrogens is 2. The first-order chi connectivity index (χ1) is 13.9. The average Bonchev–Trinajstić information content (AvgIpc) is 3.03. The third-order valence-corrected chi connectivity index (χ3v) is 4.73. The molecule has 29 heavy (non-hydrogen) atoms. The lowest BCUT2D eigenvalue weighted by Crippen LogP contribution is -2.07. The molecule has 0 saturated carbocycles. The molecule has 0 radical (unpaired) electrons. The highest BCUT2D eigenvalue weighted by Gasteiger charge is 2.17. The third kappa shape index (κ3) is 4.71. The van der Waals surface area contributed by atoms with E-state index in [-0.39, 0.29) is 6.42 Å². The number of benzene rings is 1. The van der Waals surface area contributed by atoms with Gasteiger partial charge in [0.1, 0.15) is 11.6 Å². The van der Waals surface area contributed by atoms with Crippen molar-refractivity contribution < 1.29 is 14.3 Å². The Kier molecular flexibility index (Phi) is 6.12. The van der Waals surface area contributed by atoms with Crippen LogP contribution in [0.3, 0.4) is 0 Å². The number of allylic oxidation sites excluding steroid dienone is 1. The lowest BCUT2D eigenvalue weighted by molar-refractivity contribution is -0.136. The molecule has 0 fully saturated rings. The summed E-state index contributed by atoms with van der Waals surface area (Å²) in [5.41, 5.74) is 4.55. The van der Waals surface area contributed by atoms with E-state index in [9.17, 15) is 4.79 Å². The van der Waals surface area contributed by atoms with Crippen molar-refractivity contribution in [3.8, 4) is 11.6 Å². The molecule has 6 heteroatoms. The second kappa shape index (κ2) is 8.73. The first-order valence-corrected chi connectivity index (χ1v) is 9.57. The van der Waals surface area contributed by atoms with E-state index in [0.29, 0.717) is 23.8 Å². The van der Waals surface area contributed by atoms with Gasteiger partial charge in [0.25, 0.3) is 0 Å². The van der Waals surface area contributed by atoms with Gasteiger partial charge in [-0.05, 0) is 56.0 Å². The summed E-state index contributed by atoms with van der Waals surface area (Å²) in [5, 5.41) is 12.3. The molecule has 0 unspecified atom stereocenters. The van der Waals surface area contributed by atoms with Gasteiger partial charge in [0.2, 0.25) is 0 Å². The van der Waals surface area contributed by atoms with E-state index in [1.54, 1.807) is 12.1 Å². The number of aliphatic carboxylic acids is 1. The highest BCUT2D eigenvalue weighted by Crippen LogP contribution is 2.28. The molecule has 0 amide bonds. The number of nitrogens with one attached hydrogen (secondary N) is 1. The average molecular weight is 391 g/mol. The van der Waals surface area contributed by atoms with Crippen molar-refractivity contribution in [2.75, 3.05) is 5.32 Å². The van der Waals surface area contributed by atoms with Gasteiger partial charge in [-0.1, -0.05) is 25.1 Å². The van der Waals surface area contributed by atoms with Crippen LogP contribution in [0.5, 0.6) is 0 Å². The molecule has 0 spiro atoms. The summed E-state index contributed by atoms with van der Waals surface area (Å²) in [5.74, 6) is 1.87. The fourth-order valence-corrected chi connectivity index (χ4v) is 3.10. The van der Waals surface area contributed by atoms with E-state index in [4.69, 9.17) is 19.5 Å². The van der Waals surface area contributed by atoms with Gasteiger partial charge in [-0.3, -0.25) is 4.79 Å². The third-order valence-electron chi connectivity index (χ3n) is 4.73. The fourth-order valence-electron chi connectivity index (χ4n) is 3.10. The van der Waals surface area contributed by atoms with Gasteiger partial charge in [0.15, 0.2) is 11.6 Å². The van der Waals surface area contributed by atoms with Crippen LogP contribution < -0.4 is 5.32 Å². The zero-order valence-corrected chi connectivity index (χ0v) is 17.0. The number of rotatable bonds is 8.